The maximum absolute atomic E-state index is 12.1. The van der Waals surface area contributed by atoms with Crippen molar-refractivity contribution in [3.05, 3.63) is 34.9 Å². The van der Waals surface area contributed by atoms with Gasteiger partial charge in [-0.1, -0.05) is 18.2 Å². The van der Waals surface area contributed by atoms with Gasteiger partial charge in [-0.15, -0.1) is 0 Å². The number of nitrogens with one attached hydrogen (secondary N) is 1. The third kappa shape index (κ3) is 2.00. The molecule has 2 aliphatic heterocycles. The second-order valence-corrected chi connectivity index (χ2v) is 5.30. The minimum absolute atomic E-state index is 0.185. The van der Waals surface area contributed by atoms with Crippen molar-refractivity contribution in [2.75, 3.05) is 19.7 Å². The molecule has 4 nitrogen and oxygen atoms in total. The summed E-state index contributed by atoms with van der Waals surface area (Å²) in [6.45, 7) is 6.87. The lowest BCUT2D eigenvalue weighted by atomic mass is 9.84. The quantitative estimate of drug-likeness (QED) is 0.840. The molecule has 0 spiro atoms. The number of ether oxygens (including phenoxy) is 1. The summed E-state index contributed by atoms with van der Waals surface area (Å²) in [4.78, 5) is 14.0. The van der Waals surface area contributed by atoms with Gasteiger partial charge in [0.15, 0.2) is 0 Å². The normalized spacial score (nSPS) is 24.8. The van der Waals surface area contributed by atoms with E-state index >= 15 is 0 Å². The van der Waals surface area contributed by atoms with Crippen LogP contribution in [0.3, 0.4) is 0 Å². The van der Waals surface area contributed by atoms with E-state index in [1.54, 1.807) is 0 Å². The van der Waals surface area contributed by atoms with Crippen LogP contribution >= 0.6 is 0 Å². The zero-order chi connectivity index (χ0) is 13.4. The Bertz CT molecular complexity index is 501. The maximum atomic E-state index is 12.1. The number of fused-ring (bicyclic) bond motifs is 3. The van der Waals surface area contributed by atoms with Crippen molar-refractivity contribution >= 4 is 6.09 Å². The first kappa shape index (κ1) is 12.5. The molecule has 1 saturated heterocycles. The Kier molecular flexibility index (Phi) is 3.19. The topological polar surface area (TPSA) is 41.6 Å². The van der Waals surface area contributed by atoms with Gasteiger partial charge in [-0.2, -0.15) is 0 Å². The average molecular weight is 260 g/mol. The van der Waals surface area contributed by atoms with Gasteiger partial charge in [-0.3, -0.25) is 4.90 Å². The van der Waals surface area contributed by atoms with E-state index in [4.69, 9.17) is 4.74 Å². The number of benzene rings is 1. The summed E-state index contributed by atoms with van der Waals surface area (Å²) in [7, 11) is 0. The number of carbonyl (C=O) groups excluding carboxylic acids is 1. The zero-order valence-corrected chi connectivity index (χ0v) is 11.5. The van der Waals surface area contributed by atoms with Crippen LogP contribution < -0.4 is 5.32 Å². The van der Waals surface area contributed by atoms with E-state index in [9.17, 15) is 4.79 Å². The second kappa shape index (κ2) is 4.85. The number of carbonyl (C=O) groups is 1. The van der Waals surface area contributed by atoms with Crippen LogP contribution in [-0.4, -0.2) is 36.7 Å². The summed E-state index contributed by atoms with van der Waals surface area (Å²) in [5.74, 6) is 0.396. The molecule has 0 unspecified atom stereocenters. The minimum Gasteiger partial charge on any atom is -0.450 e. The van der Waals surface area contributed by atoms with Gasteiger partial charge in [0.05, 0.1) is 12.6 Å². The zero-order valence-electron chi connectivity index (χ0n) is 11.5. The van der Waals surface area contributed by atoms with Crippen molar-refractivity contribution in [2.45, 2.75) is 32.4 Å². The fourth-order valence-corrected chi connectivity index (χ4v) is 3.29. The highest BCUT2D eigenvalue weighted by atomic mass is 16.6. The number of hydrogen-bond acceptors (Lipinski definition) is 3. The Hall–Kier alpha value is -1.55. The Morgan fingerprint density at radius 3 is 3.11 bits per heavy atom. The first-order valence-corrected chi connectivity index (χ1v) is 6.95. The second-order valence-electron chi connectivity index (χ2n) is 5.30. The maximum Gasteiger partial charge on any atom is 0.410 e. The Morgan fingerprint density at radius 2 is 2.32 bits per heavy atom. The monoisotopic (exact) mass is 260 g/mol. The first-order valence-electron chi connectivity index (χ1n) is 6.95. The largest absolute Gasteiger partial charge is 0.450 e. The van der Waals surface area contributed by atoms with Gasteiger partial charge in [0.2, 0.25) is 0 Å². The predicted molar refractivity (Wildman–Crippen MR) is 73.1 cm³/mol. The predicted octanol–water partition coefficient (Wildman–Crippen LogP) is 2.02. The molecule has 1 amide bonds. The molecule has 1 aromatic carbocycles. The van der Waals surface area contributed by atoms with Crippen LogP contribution in [0.4, 0.5) is 4.79 Å². The van der Waals surface area contributed by atoms with Gasteiger partial charge < -0.3 is 10.1 Å². The number of rotatable bonds is 1. The molecule has 3 rings (SSSR count). The molecule has 19 heavy (non-hydrogen) atoms. The van der Waals surface area contributed by atoms with E-state index in [1.807, 2.05) is 11.8 Å². The van der Waals surface area contributed by atoms with Gasteiger partial charge in [-0.25, -0.2) is 4.79 Å². The fourth-order valence-electron chi connectivity index (χ4n) is 3.29. The van der Waals surface area contributed by atoms with Gasteiger partial charge in [0.25, 0.3) is 0 Å². The summed E-state index contributed by atoms with van der Waals surface area (Å²) in [6, 6.07) is 6.66. The Balaban J connectivity index is 1.98. The van der Waals surface area contributed by atoms with Crippen molar-refractivity contribution in [2.24, 2.45) is 0 Å². The Morgan fingerprint density at radius 1 is 1.47 bits per heavy atom. The highest BCUT2D eigenvalue weighted by Crippen LogP contribution is 2.37. The molecule has 1 fully saturated rings. The third-order valence-electron chi connectivity index (χ3n) is 4.26. The van der Waals surface area contributed by atoms with Crippen molar-refractivity contribution in [3.63, 3.8) is 0 Å². The smallest absolute Gasteiger partial charge is 0.410 e. The van der Waals surface area contributed by atoms with E-state index in [0.29, 0.717) is 19.1 Å². The van der Waals surface area contributed by atoms with Crippen LogP contribution in [-0.2, 0) is 11.3 Å². The van der Waals surface area contributed by atoms with Crippen molar-refractivity contribution in [3.8, 4) is 0 Å². The summed E-state index contributed by atoms with van der Waals surface area (Å²) < 4.78 is 5.20. The van der Waals surface area contributed by atoms with E-state index in [1.165, 1.54) is 16.7 Å². The lowest BCUT2D eigenvalue weighted by Gasteiger charge is -2.38. The molecule has 0 aliphatic carbocycles. The summed E-state index contributed by atoms with van der Waals surface area (Å²) >= 11 is 0. The van der Waals surface area contributed by atoms with Gasteiger partial charge in [-0.05, 0) is 30.5 Å². The first-order chi connectivity index (χ1) is 9.22. The van der Waals surface area contributed by atoms with E-state index in [2.05, 4.69) is 30.4 Å². The summed E-state index contributed by atoms with van der Waals surface area (Å²) in [5.41, 5.74) is 3.95. The van der Waals surface area contributed by atoms with Crippen LogP contribution in [0.2, 0.25) is 0 Å². The average Bonchev–Trinajstić information content (AvgIpc) is 2.88. The fraction of sp³-hybridized carbons (Fsp3) is 0.533. The standard InChI is InChI=1S/C15H20N2O2/c1-3-19-15(18)17-9-13-10(2)5-4-6-11(13)12-7-16-8-14(12)17/h4-6,12,14,16H,3,7-9H2,1-2H3/t12-,14+/m1/s1. The van der Waals surface area contributed by atoms with E-state index in [0.717, 1.165) is 13.1 Å². The molecule has 2 heterocycles. The SMILES string of the molecule is CCOC(=O)N1Cc2c(C)cccc2[C@H]2CNC[C@@H]21. The van der Waals surface area contributed by atoms with Crippen LogP contribution in [0.5, 0.6) is 0 Å². The van der Waals surface area contributed by atoms with E-state index in [-0.39, 0.29) is 12.1 Å². The lowest BCUT2D eigenvalue weighted by molar-refractivity contribution is 0.0824. The number of aryl methyl sites for hydroxylation is 1. The number of hydrogen-bond donors (Lipinski definition) is 1. The Labute approximate surface area is 113 Å². The molecular weight excluding hydrogens is 240 g/mol. The summed E-state index contributed by atoms with van der Waals surface area (Å²) in [5, 5.41) is 3.40. The minimum atomic E-state index is -0.185. The van der Waals surface area contributed by atoms with Gasteiger partial charge >= 0.3 is 6.09 Å². The molecular formula is C15H20N2O2. The van der Waals surface area contributed by atoms with Crippen molar-refractivity contribution in [1.82, 2.24) is 10.2 Å². The number of amides is 1. The van der Waals surface area contributed by atoms with Crippen LogP contribution in [0, 0.1) is 6.92 Å². The number of nitrogens with zero attached hydrogens (tertiary/aromatic N) is 1. The molecule has 2 aliphatic rings. The molecule has 0 saturated carbocycles. The third-order valence-corrected chi connectivity index (χ3v) is 4.26. The molecule has 1 N–H and O–H groups in total. The van der Waals surface area contributed by atoms with Crippen LogP contribution in [0.25, 0.3) is 0 Å². The highest BCUT2D eigenvalue weighted by Gasteiger charge is 2.41. The highest BCUT2D eigenvalue weighted by molar-refractivity contribution is 5.69. The van der Waals surface area contributed by atoms with Crippen molar-refractivity contribution in [1.29, 1.82) is 0 Å². The van der Waals surface area contributed by atoms with Crippen LogP contribution in [0.1, 0.15) is 29.5 Å². The molecule has 0 radical (unpaired) electrons. The lowest BCUT2D eigenvalue weighted by Crippen LogP contribution is -2.47. The van der Waals surface area contributed by atoms with Crippen molar-refractivity contribution < 1.29 is 9.53 Å². The van der Waals surface area contributed by atoms with Gasteiger partial charge in [0, 0.05) is 25.6 Å². The molecule has 1 aromatic rings. The van der Waals surface area contributed by atoms with Gasteiger partial charge in [0.1, 0.15) is 0 Å². The summed E-state index contributed by atoms with van der Waals surface area (Å²) in [6.07, 6.45) is -0.185. The van der Waals surface area contributed by atoms with E-state index < -0.39 is 0 Å². The van der Waals surface area contributed by atoms with Crippen LogP contribution in [0.15, 0.2) is 18.2 Å². The molecule has 102 valence electrons. The molecule has 2 atom stereocenters. The molecule has 0 bridgehead atoms. The molecule has 0 aromatic heterocycles. The molecule has 4 heteroatoms.